The van der Waals surface area contributed by atoms with E-state index in [1.807, 2.05) is 0 Å². The van der Waals surface area contributed by atoms with Crippen molar-refractivity contribution in [1.82, 2.24) is 10.2 Å². The minimum atomic E-state index is -1.59. The Balaban J connectivity index is 2.32. The van der Waals surface area contributed by atoms with Gasteiger partial charge in [0.25, 0.3) is 0 Å². The number of nitrogens with one attached hydrogen (secondary N) is 1. The number of carboxylic acids is 1. The molecule has 4 N–H and O–H groups in total. The summed E-state index contributed by atoms with van der Waals surface area (Å²) in [5, 5.41) is 29.4. The maximum Gasteiger partial charge on any atom is 0.334 e. The summed E-state index contributed by atoms with van der Waals surface area (Å²) in [7, 11) is 0. The Kier molecular flexibility index (Phi) is 4.30. The summed E-state index contributed by atoms with van der Waals surface area (Å²) < 4.78 is 0. The molecule has 1 heterocycles. The first kappa shape index (κ1) is 13.7. The first-order valence-corrected chi connectivity index (χ1v) is 5.48. The van der Waals surface area contributed by atoms with E-state index >= 15 is 0 Å². The smallest absolute Gasteiger partial charge is 0.334 e. The maximum atomic E-state index is 11.6. The van der Waals surface area contributed by atoms with Crippen LogP contribution in [0.1, 0.15) is 19.8 Å². The molecule has 0 aromatic heterocycles. The first-order valence-electron chi connectivity index (χ1n) is 5.48. The molecule has 0 spiro atoms. The fraction of sp³-hybridized carbons (Fsp3) is 0.800. The molecule has 2 amide bonds. The molecule has 1 aliphatic heterocycles. The second-order valence-corrected chi connectivity index (χ2v) is 4.52. The number of carbonyl (C=O) groups excluding carboxylic acids is 1. The summed E-state index contributed by atoms with van der Waals surface area (Å²) in [5.74, 6) is -1.37. The van der Waals surface area contributed by atoms with Crippen LogP contribution in [0.15, 0.2) is 0 Å². The third kappa shape index (κ3) is 4.20. The lowest BCUT2D eigenvalue weighted by Crippen LogP contribution is -2.50. The van der Waals surface area contributed by atoms with Crippen LogP contribution in [0.25, 0.3) is 0 Å². The lowest BCUT2D eigenvalue weighted by Gasteiger charge is -2.35. The van der Waals surface area contributed by atoms with E-state index in [0.717, 1.165) is 0 Å². The number of aliphatic carboxylic acids is 1. The Hall–Kier alpha value is -1.34. The van der Waals surface area contributed by atoms with Gasteiger partial charge in [0.05, 0.1) is 12.1 Å². The molecule has 98 valence electrons. The first-order chi connectivity index (χ1) is 7.82. The zero-order chi connectivity index (χ0) is 13.1. The molecule has 1 atom stereocenters. The van der Waals surface area contributed by atoms with Crippen molar-refractivity contribution in [3.05, 3.63) is 0 Å². The van der Waals surface area contributed by atoms with Gasteiger partial charge in [0.2, 0.25) is 0 Å². The van der Waals surface area contributed by atoms with Crippen LogP contribution in [-0.4, -0.2) is 63.6 Å². The summed E-state index contributed by atoms with van der Waals surface area (Å²) >= 11 is 0. The van der Waals surface area contributed by atoms with Crippen LogP contribution in [0.3, 0.4) is 0 Å². The fourth-order valence-corrected chi connectivity index (χ4v) is 1.57. The van der Waals surface area contributed by atoms with E-state index in [0.29, 0.717) is 25.9 Å². The molecule has 0 saturated carbocycles. The number of aliphatic hydroxyl groups excluding tert-OH is 1. The van der Waals surface area contributed by atoms with E-state index in [-0.39, 0.29) is 6.54 Å². The predicted octanol–water partition coefficient (Wildman–Crippen LogP) is -1.01. The van der Waals surface area contributed by atoms with E-state index in [1.54, 1.807) is 6.92 Å². The Morgan fingerprint density at radius 1 is 1.41 bits per heavy atom. The Morgan fingerprint density at radius 3 is 2.41 bits per heavy atom. The molecule has 1 rings (SSSR count). The molecule has 0 aromatic carbocycles. The minimum absolute atomic E-state index is 0.318. The summed E-state index contributed by atoms with van der Waals surface area (Å²) in [4.78, 5) is 23.4. The predicted molar refractivity (Wildman–Crippen MR) is 58.5 cm³/mol. The average molecular weight is 246 g/mol. The maximum absolute atomic E-state index is 11.6. The van der Waals surface area contributed by atoms with Gasteiger partial charge >= 0.3 is 12.0 Å². The number of carboxylic acid groups (broad SMARTS) is 1. The quantitative estimate of drug-likeness (QED) is 0.510. The molecule has 17 heavy (non-hydrogen) atoms. The summed E-state index contributed by atoms with van der Waals surface area (Å²) in [6.07, 6.45) is -0.615. The monoisotopic (exact) mass is 246 g/mol. The molecule has 1 fully saturated rings. The topological polar surface area (TPSA) is 110 Å². The van der Waals surface area contributed by atoms with Crippen LogP contribution >= 0.6 is 0 Å². The summed E-state index contributed by atoms with van der Waals surface area (Å²) in [6.45, 7) is 2.24. The molecule has 7 heteroatoms. The van der Waals surface area contributed by atoms with Crippen molar-refractivity contribution in [2.45, 2.75) is 31.5 Å². The van der Waals surface area contributed by atoms with Crippen LogP contribution < -0.4 is 5.32 Å². The number of piperidine rings is 1. The Morgan fingerprint density at radius 2 is 1.94 bits per heavy atom. The van der Waals surface area contributed by atoms with Crippen molar-refractivity contribution in [3.63, 3.8) is 0 Å². The highest BCUT2D eigenvalue weighted by atomic mass is 16.4. The van der Waals surface area contributed by atoms with Crippen LogP contribution in [0.4, 0.5) is 4.79 Å². The van der Waals surface area contributed by atoms with Gasteiger partial charge < -0.3 is 25.5 Å². The van der Waals surface area contributed by atoms with Crippen molar-refractivity contribution in [2.75, 3.05) is 19.6 Å². The average Bonchev–Trinajstić information content (AvgIpc) is 2.25. The van der Waals surface area contributed by atoms with Gasteiger partial charge in [0.15, 0.2) is 6.10 Å². The second kappa shape index (κ2) is 5.33. The molecule has 1 aliphatic rings. The number of nitrogens with zero attached hydrogens (tertiary/aromatic N) is 1. The number of hydrogen-bond donors (Lipinski definition) is 4. The molecule has 0 bridgehead atoms. The van der Waals surface area contributed by atoms with E-state index in [2.05, 4.69) is 5.32 Å². The zero-order valence-corrected chi connectivity index (χ0v) is 9.72. The number of urea groups is 1. The van der Waals surface area contributed by atoms with Gasteiger partial charge in [-0.05, 0) is 19.8 Å². The third-order valence-corrected chi connectivity index (χ3v) is 2.86. The number of carbonyl (C=O) groups is 2. The van der Waals surface area contributed by atoms with E-state index in [4.69, 9.17) is 10.2 Å². The number of likely N-dealkylation sites (tertiary alicyclic amines) is 1. The largest absolute Gasteiger partial charge is 0.479 e. The lowest BCUT2D eigenvalue weighted by molar-refractivity contribution is -0.146. The SMILES string of the molecule is CC1(O)CCN(C(=O)NCC(O)C(=O)O)CC1. The second-order valence-electron chi connectivity index (χ2n) is 4.52. The Bertz CT molecular complexity index is 295. The van der Waals surface area contributed by atoms with Crippen LogP contribution in [0.5, 0.6) is 0 Å². The highest BCUT2D eigenvalue weighted by molar-refractivity contribution is 5.76. The molecule has 0 aromatic rings. The van der Waals surface area contributed by atoms with E-state index in [1.165, 1.54) is 4.90 Å². The third-order valence-electron chi connectivity index (χ3n) is 2.86. The van der Waals surface area contributed by atoms with Gasteiger partial charge in [-0.2, -0.15) is 0 Å². The van der Waals surface area contributed by atoms with Crippen molar-refractivity contribution < 1.29 is 24.9 Å². The normalized spacial score (nSPS) is 20.8. The lowest BCUT2D eigenvalue weighted by atomic mass is 9.94. The minimum Gasteiger partial charge on any atom is -0.479 e. The van der Waals surface area contributed by atoms with Crippen molar-refractivity contribution in [3.8, 4) is 0 Å². The van der Waals surface area contributed by atoms with Crippen LogP contribution in [-0.2, 0) is 4.79 Å². The van der Waals surface area contributed by atoms with Crippen molar-refractivity contribution in [1.29, 1.82) is 0 Å². The standard InChI is InChI=1S/C10H18N2O5/c1-10(17)2-4-12(5-3-10)9(16)11-6-7(13)8(14)15/h7,13,17H,2-6H2,1H3,(H,11,16)(H,14,15). The number of hydrogen-bond acceptors (Lipinski definition) is 4. The molecule has 0 radical (unpaired) electrons. The summed E-state index contributed by atoms with van der Waals surface area (Å²) in [6, 6.07) is -0.416. The van der Waals surface area contributed by atoms with Gasteiger partial charge in [-0.25, -0.2) is 9.59 Å². The molecule has 1 unspecified atom stereocenters. The van der Waals surface area contributed by atoms with Gasteiger partial charge in [-0.3, -0.25) is 0 Å². The number of aliphatic hydroxyl groups is 2. The zero-order valence-electron chi connectivity index (χ0n) is 9.72. The highest BCUT2D eigenvalue weighted by Gasteiger charge is 2.29. The van der Waals surface area contributed by atoms with Crippen LogP contribution in [0.2, 0.25) is 0 Å². The van der Waals surface area contributed by atoms with Gasteiger partial charge in [-0.1, -0.05) is 0 Å². The molecular formula is C10H18N2O5. The van der Waals surface area contributed by atoms with Gasteiger partial charge in [0, 0.05) is 13.1 Å². The van der Waals surface area contributed by atoms with Crippen molar-refractivity contribution in [2.24, 2.45) is 0 Å². The highest BCUT2D eigenvalue weighted by Crippen LogP contribution is 2.20. The molecule has 0 aliphatic carbocycles. The molecule has 1 saturated heterocycles. The molecule has 7 nitrogen and oxygen atoms in total. The number of rotatable bonds is 3. The Labute approximate surface area is 99.0 Å². The van der Waals surface area contributed by atoms with E-state index < -0.39 is 23.7 Å². The van der Waals surface area contributed by atoms with Crippen LogP contribution in [0, 0.1) is 0 Å². The van der Waals surface area contributed by atoms with Gasteiger partial charge in [-0.15, -0.1) is 0 Å². The fourth-order valence-electron chi connectivity index (χ4n) is 1.57. The van der Waals surface area contributed by atoms with Crippen molar-refractivity contribution >= 4 is 12.0 Å². The van der Waals surface area contributed by atoms with Gasteiger partial charge in [0.1, 0.15) is 0 Å². The summed E-state index contributed by atoms with van der Waals surface area (Å²) in [5.41, 5.74) is -0.739. The molecular weight excluding hydrogens is 228 g/mol. The number of amides is 2. The van der Waals surface area contributed by atoms with E-state index in [9.17, 15) is 14.7 Å².